The Morgan fingerprint density at radius 2 is 1.41 bits per heavy atom. The van der Waals surface area contributed by atoms with Gasteiger partial charge in [0.25, 0.3) is 0 Å². The first kappa shape index (κ1) is 25.2. The zero-order chi connectivity index (χ0) is 26.4. The number of aromatic nitrogens is 1. The monoisotopic (exact) mass is 515 g/mol. The summed E-state index contributed by atoms with van der Waals surface area (Å²) in [4.78, 5) is 31.7. The van der Waals surface area contributed by atoms with Crippen molar-refractivity contribution in [2.24, 2.45) is 11.3 Å². The third-order valence-electron chi connectivity index (χ3n) is 8.08. The van der Waals surface area contributed by atoms with Crippen molar-refractivity contribution in [3.63, 3.8) is 0 Å². The maximum atomic E-state index is 15.7. The average molecular weight is 516 g/mol. The number of nitrogens with zero attached hydrogens (tertiary/aromatic N) is 1. The van der Waals surface area contributed by atoms with Crippen LogP contribution in [-0.4, -0.2) is 31.1 Å². The van der Waals surface area contributed by atoms with Crippen molar-refractivity contribution in [2.45, 2.75) is 32.1 Å². The Labute approximate surface area is 217 Å². The zero-order valence-corrected chi connectivity index (χ0v) is 22.3. The molecule has 1 heterocycles. The molecule has 37 heavy (non-hydrogen) atoms. The maximum absolute atomic E-state index is 15.7. The van der Waals surface area contributed by atoms with Crippen molar-refractivity contribution >= 4 is 35.3 Å². The molecule has 0 radical (unpaired) electrons. The zero-order valence-electron chi connectivity index (χ0n) is 21.4. The molecule has 2 aromatic carbocycles. The van der Waals surface area contributed by atoms with Gasteiger partial charge in [-0.05, 0) is 35.0 Å². The van der Waals surface area contributed by atoms with Crippen molar-refractivity contribution in [1.29, 1.82) is 0 Å². The van der Waals surface area contributed by atoms with Crippen LogP contribution in [0.2, 0.25) is 0 Å². The standard InChI is InChI=1S/C30H30NO5P/c1-29(2)22-16-11-17-31-26(22)25-23(29)18-30(27(32)35-3,28(33)36-4)19-24(25)37(34,20-12-7-5-8-13-20)21-14-9-6-10-15-21/h5-17,23H,18-19H2,1-4H3. The molecule has 1 unspecified atom stereocenters. The van der Waals surface area contributed by atoms with E-state index in [-0.39, 0.29) is 18.8 Å². The second-order valence-electron chi connectivity index (χ2n) is 10.3. The van der Waals surface area contributed by atoms with Crippen molar-refractivity contribution in [2.75, 3.05) is 14.2 Å². The number of carbonyl (C=O) groups is 2. The van der Waals surface area contributed by atoms with Crippen LogP contribution in [0.3, 0.4) is 0 Å². The van der Waals surface area contributed by atoms with Crippen LogP contribution >= 0.6 is 7.14 Å². The van der Waals surface area contributed by atoms with Crippen molar-refractivity contribution in [1.82, 2.24) is 4.98 Å². The van der Waals surface area contributed by atoms with Crippen LogP contribution in [0.25, 0.3) is 5.57 Å². The highest BCUT2D eigenvalue weighted by atomic mass is 31.2. The summed E-state index contributed by atoms with van der Waals surface area (Å²) in [5.41, 5.74) is 0.537. The van der Waals surface area contributed by atoms with E-state index in [9.17, 15) is 9.59 Å². The highest BCUT2D eigenvalue weighted by Crippen LogP contribution is 2.67. The Balaban J connectivity index is 1.92. The molecule has 0 saturated carbocycles. The summed E-state index contributed by atoms with van der Waals surface area (Å²) in [6.45, 7) is 4.17. The molecule has 1 aromatic heterocycles. The summed E-state index contributed by atoms with van der Waals surface area (Å²) in [5.74, 6) is -1.66. The minimum Gasteiger partial charge on any atom is -0.468 e. The first-order valence-electron chi connectivity index (χ1n) is 12.3. The first-order chi connectivity index (χ1) is 17.7. The molecule has 0 amide bonds. The van der Waals surface area contributed by atoms with E-state index in [1.807, 2.05) is 72.8 Å². The molecule has 0 aliphatic heterocycles. The number of pyridine rings is 1. The van der Waals surface area contributed by atoms with Crippen LogP contribution < -0.4 is 10.6 Å². The second-order valence-corrected chi connectivity index (χ2v) is 13.1. The SMILES string of the molecule is COC(=O)C1(C(=O)OC)CC(P(=O)(c2ccccc2)c2ccccc2)=C2c3ncccc3C(C)(C)C2C1. The molecular formula is C30H30NO5P. The van der Waals surface area contributed by atoms with Gasteiger partial charge in [-0.3, -0.25) is 14.6 Å². The molecule has 0 N–H and O–H groups in total. The largest absolute Gasteiger partial charge is 0.468 e. The fourth-order valence-corrected chi connectivity index (χ4v) is 9.35. The van der Waals surface area contributed by atoms with E-state index in [1.165, 1.54) is 14.2 Å². The fraction of sp³-hybridized carbons (Fsp3) is 0.300. The molecule has 3 aromatic rings. The Kier molecular flexibility index (Phi) is 6.19. The second kappa shape index (κ2) is 9.11. The molecular weight excluding hydrogens is 485 g/mol. The van der Waals surface area contributed by atoms with Gasteiger partial charge in [-0.25, -0.2) is 0 Å². The number of ether oxygens (including phenoxy) is 2. The summed E-state index contributed by atoms with van der Waals surface area (Å²) in [6, 6.07) is 22.5. The molecule has 0 saturated heterocycles. The summed E-state index contributed by atoms with van der Waals surface area (Å²) in [7, 11) is -0.990. The van der Waals surface area contributed by atoms with Gasteiger partial charge in [-0.15, -0.1) is 0 Å². The molecule has 5 rings (SSSR count). The summed E-state index contributed by atoms with van der Waals surface area (Å²) >= 11 is 0. The van der Waals surface area contributed by atoms with E-state index in [0.717, 1.165) is 16.8 Å². The van der Waals surface area contributed by atoms with E-state index < -0.39 is 29.9 Å². The summed E-state index contributed by atoms with van der Waals surface area (Å²) < 4.78 is 26.1. The Morgan fingerprint density at radius 3 is 1.92 bits per heavy atom. The highest BCUT2D eigenvalue weighted by molar-refractivity contribution is 7.82. The smallest absolute Gasteiger partial charge is 0.323 e. The van der Waals surface area contributed by atoms with Gasteiger partial charge in [0, 0.05) is 28.5 Å². The third-order valence-corrected chi connectivity index (χ3v) is 11.3. The predicted octanol–water partition coefficient (Wildman–Crippen LogP) is 4.84. The van der Waals surface area contributed by atoms with E-state index >= 15 is 4.57 Å². The van der Waals surface area contributed by atoms with E-state index in [2.05, 4.69) is 13.8 Å². The Morgan fingerprint density at radius 1 is 0.865 bits per heavy atom. The number of carbonyl (C=O) groups excluding carboxylic acids is 2. The molecule has 190 valence electrons. The van der Waals surface area contributed by atoms with Crippen LogP contribution in [0.15, 0.2) is 84.3 Å². The van der Waals surface area contributed by atoms with Gasteiger partial charge >= 0.3 is 11.9 Å². The molecule has 1 atom stereocenters. The number of hydrogen-bond donors (Lipinski definition) is 0. The minimum atomic E-state index is -3.54. The number of allylic oxidation sites excluding steroid dienone is 2. The third kappa shape index (κ3) is 3.61. The van der Waals surface area contributed by atoms with Crippen molar-refractivity contribution in [3.8, 4) is 0 Å². The van der Waals surface area contributed by atoms with E-state index in [1.54, 1.807) is 6.20 Å². The molecule has 0 spiro atoms. The lowest BCUT2D eigenvalue weighted by Crippen LogP contribution is -2.47. The van der Waals surface area contributed by atoms with E-state index in [0.29, 0.717) is 15.9 Å². The molecule has 2 aliphatic rings. The lowest BCUT2D eigenvalue weighted by atomic mass is 9.64. The number of esters is 2. The van der Waals surface area contributed by atoms with E-state index in [4.69, 9.17) is 14.5 Å². The highest BCUT2D eigenvalue weighted by Gasteiger charge is 2.61. The van der Waals surface area contributed by atoms with Gasteiger partial charge in [0.1, 0.15) is 0 Å². The molecule has 0 bridgehead atoms. The van der Waals surface area contributed by atoms with Gasteiger partial charge < -0.3 is 14.0 Å². The number of methoxy groups -OCH3 is 2. The predicted molar refractivity (Wildman–Crippen MR) is 143 cm³/mol. The van der Waals surface area contributed by atoms with Crippen LogP contribution in [0, 0.1) is 11.3 Å². The minimum absolute atomic E-state index is 0.0780. The Bertz CT molecular complexity index is 1390. The average Bonchev–Trinajstić information content (AvgIpc) is 3.18. The Hall–Kier alpha value is -3.50. The van der Waals surface area contributed by atoms with Gasteiger partial charge in [0.2, 0.25) is 0 Å². The van der Waals surface area contributed by atoms with Crippen LogP contribution in [0.1, 0.15) is 37.9 Å². The lowest BCUT2D eigenvalue weighted by molar-refractivity contribution is -0.170. The molecule has 6 nitrogen and oxygen atoms in total. The fourth-order valence-electron chi connectivity index (χ4n) is 6.15. The van der Waals surface area contributed by atoms with Gasteiger partial charge in [-0.1, -0.05) is 80.6 Å². The van der Waals surface area contributed by atoms with Crippen LogP contribution in [0.4, 0.5) is 0 Å². The topological polar surface area (TPSA) is 82.6 Å². The normalized spacial score (nSPS) is 19.5. The van der Waals surface area contributed by atoms with Gasteiger partial charge in [0.15, 0.2) is 12.6 Å². The molecule has 7 heteroatoms. The van der Waals surface area contributed by atoms with Crippen molar-refractivity contribution in [3.05, 3.63) is 95.6 Å². The summed E-state index contributed by atoms with van der Waals surface area (Å²) in [6.07, 6.45) is 1.84. The van der Waals surface area contributed by atoms with Crippen LogP contribution in [-0.2, 0) is 29.0 Å². The number of hydrogen-bond acceptors (Lipinski definition) is 6. The molecule has 2 aliphatic carbocycles. The number of benzene rings is 2. The lowest BCUT2D eigenvalue weighted by Gasteiger charge is -2.42. The first-order valence-corrected chi connectivity index (χ1v) is 14.0. The number of fused-ring (bicyclic) bond motifs is 3. The number of rotatable bonds is 5. The van der Waals surface area contributed by atoms with Gasteiger partial charge in [0.05, 0.1) is 19.9 Å². The van der Waals surface area contributed by atoms with Crippen molar-refractivity contribution < 1.29 is 23.6 Å². The van der Waals surface area contributed by atoms with Gasteiger partial charge in [-0.2, -0.15) is 0 Å². The maximum Gasteiger partial charge on any atom is 0.323 e. The van der Waals surface area contributed by atoms with Crippen LogP contribution in [0.5, 0.6) is 0 Å². The summed E-state index contributed by atoms with van der Waals surface area (Å²) in [5, 5.41) is 1.83. The molecule has 0 fully saturated rings. The quantitative estimate of drug-likeness (QED) is 0.275.